The average molecular weight is 348 g/mol. The van der Waals surface area contributed by atoms with Gasteiger partial charge in [-0.15, -0.1) is 0 Å². The van der Waals surface area contributed by atoms with Crippen molar-refractivity contribution in [2.45, 2.75) is 0 Å². The number of halogens is 1. The summed E-state index contributed by atoms with van der Waals surface area (Å²) in [5.74, 6) is -0.884. The fourth-order valence-electron chi connectivity index (χ4n) is 2.20. The van der Waals surface area contributed by atoms with Crippen LogP contribution in [-0.2, 0) is 0 Å². The fourth-order valence-corrected chi connectivity index (χ4v) is 2.87. The van der Waals surface area contributed by atoms with Gasteiger partial charge in [-0.05, 0) is 68.4 Å². The second kappa shape index (κ2) is 4.24. The molecule has 0 saturated carbocycles. The highest BCUT2D eigenvalue weighted by atomic mass is 127. The number of benzene rings is 3. The molecule has 0 fully saturated rings. The van der Waals surface area contributed by atoms with Crippen LogP contribution in [0.3, 0.4) is 0 Å². The fraction of sp³-hybridized carbons (Fsp3) is 0. The van der Waals surface area contributed by atoms with Crippen LogP contribution in [0.1, 0.15) is 10.4 Å². The highest BCUT2D eigenvalue weighted by Gasteiger charge is 2.09. The molecule has 1 N–H and O–H groups in total. The molecular weight excluding hydrogens is 339 g/mol. The minimum atomic E-state index is -0.884. The number of hydrogen-bond donors (Lipinski definition) is 1. The first-order chi connectivity index (χ1) is 8.66. The highest BCUT2D eigenvalue weighted by molar-refractivity contribution is 14.1. The van der Waals surface area contributed by atoms with Gasteiger partial charge in [0.2, 0.25) is 0 Å². The van der Waals surface area contributed by atoms with Crippen molar-refractivity contribution in [3.63, 3.8) is 0 Å². The van der Waals surface area contributed by atoms with E-state index in [1.807, 2.05) is 24.3 Å². The lowest BCUT2D eigenvalue weighted by molar-refractivity contribution is 0.0699. The molecule has 3 rings (SSSR count). The molecule has 0 radical (unpaired) electrons. The summed E-state index contributed by atoms with van der Waals surface area (Å²) in [5, 5.41) is 13.2. The molecule has 0 aromatic heterocycles. The first-order valence-electron chi connectivity index (χ1n) is 5.51. The molecule has 0 saturated heterocycles. The maximum atomic E-state index is 11.2. The van der Waals surface area contributed by atoms with E-state index >= 15 is 0 Å². The zero-order valence-electron chi connectivity index (χ0n) is 9.35. The van der Waals surface area contributed by atoms with Gasteiger partial charge in [0.1, 0.15) is 0 Å². The van der Waals surface area contributed by atoms with Crippen LogP contribution in [0.5, 0.6) is 0 Å². The van der Waals surface area contributed by atoms with Gasteiger partial charge in [0.05, 0.1) is 5.56 Å². The zero-order chi connectivity index (χ0) is 12.7. The van der Waals surface area contributed by atoms with Crippen molar-refractivity contribution in [2.75, 3.05) is 0 Å². The van der Waals surface area contributed by atoms with Crippen molar-refractivity contribution in [3.05, 3.63) is 57.7 Å². The largest absolute Gasteiger partial charge is 0.478 e. The average Bonchev–Trinajstić information content (AvgIpc) is 2.36. The topological polar surface area (TPSA) is 37.3 Å². The number of hydrogen-bond acceptors (Lipinski definition) is 1. The summed E-state index contributed by atoms with van der Waals surface area (Å²) in [6.07, 6.45) is 0. The Labute approximate surface area is 117 Å². The molecule has 3 heteroatoms. The molecular formula is C15H9IO2. The lowest BCUT2D eigenvalue weighted by atomic mass is 10.00. The van der Waals surface area contributed by atoms with Crippen molar-refractivity contribution < 1.29 is 9.90 Å². The van der Waals surface area contributed by atoms with Crippen molar-refractivity contribution in [1.29, 1.82) is 0 Å². The predicted octanol–water partition coefficient (Wildman–Crippen LogP) is 4.30. The molecule has 0 atom stereocenters. The van der Waals surface area contributed by atoms with Crippen molar-refractivity contribution in [2.24, 2.45) is 0 Å². The van der Waals surface area contributed by atoms with Crippen molar-refractivity contribution in [3.8, 4) is 0 Å². The smallest absolute Gasteiger partial charge is 0.336 e. The maximum absolute atomic E-state index is 11.2. The monoisotopic (exact) mass is 348 g/mol. The van der Waals surface area contributed by atoms with Crippen LogP contribution in [0, 0.1) is 3.57 Å². The van der Waals surface area contributed by atoms with Gasteiger partial charge in [0, 0.05) is 3.57 Å². The quantitative estimate of drug-likeness (QED) is 0.526. The second-order valence-corrected chi connectivity index (χ2v) is 5.31. The molecule has 88 valence electrons. The van der Waals surface area contributed by atoms with Crippen molar-refractivity contribution in [1.82, 2.24) is 0 Å². The Morgan fingerprint density at radius 1 is 0.944 bits per heavy atom. The Bertz CT molecular complexity index is 778. The Morgan fingerprint density at radius 3 is 2.28 bits per heavy atom. The van der Waals surface area contributed by atoms with E-state index in [0.29, 0.717) is 5.56 Å². The lowest BCUT2D eigenvalue weighted by Gasteiger charge is -2.06. The molecule has 0 unspecified atom stereocenters. The Kier molecular flexibility index (Phi) is 2.70. The third-order valence-corrected chi connectivity index (χ3v) is 4.00. The van der Waals surface area contributed by atoms with Gasteiger partial charge >= 0.3 is 5.97 Å². The molecule has 18 heavy (non-hydrogen) atoms. The SMILES string of the molecule is O=C(O)c1cccc2cc3c(I)cccc3cc12. The first kappa shape index (κ1) is 11.5. The van der Waals surface area contributed by atoms with Gasteiger partial charge in [0.15, 0.2) is 0 Å². The van der Waals surface area contributed by atoms with Crippen LogP contribution in [0.4, 0.5) is 0 Å². The van der Waals surface area contributed by atoms with Gasteiger partial charge in [0.25, 0.3) is 0 Å². The molecule has 0 aliphatic rings. The van der Waals surface area contributed by atoms with Crippen LogP contribution in [-0.4, -0.2) is 11.1 Å². The highest BCUT2D eigenvalue weighted by Crippen LogP contribution is 2.28. The summed E-state index contributed by atoms with van der Waals surface area (Å²) >= 11 is 2.30. The number of carbonyl (C=O) groups is 1. The van der Waals surface area contributed by atoms with E-state index in [-0.39, 0.29) is 0 Å². The predicted molar refractivity (Wildman–Crippen MR) is 81.1 cm³/mol. The molecule has 0 aliphatic carbocycles. The Morgan fingerprint density at radius 2 is 1.56 bits per heavy atom. The molecule has 0 amide bonds. The second-order valence-electron chi connectivity index (χ2n) is 4.15. The van der Waals surface area contributed by atoms with E-state index in [4.69, 9.17) is 0 Å². The van der Waals surface area contributed by atoms with Gasteiger partial charge in [-0.2, -0.15) is 0 Å². The van der Waals surface area contributed by atoms with E-state index < -0.39 is 5.97 Å². The molecule has 0 spiro atoms. The zero-order valence-corrected chi connectivity index (χ0v) is 11.5. The van der Waals surface area contributed by atoms with Crippen LogP contribution in [0.25, 0.3) is 21.5 Å². The molecule has 3 aromatic rings. The summed E-state index contributed by atoms with van der Waals surface area (Å²) in [4.78, 5) is 11.2. The minimum Gasteiger partial charge on any atom is -0.478 e. The van der Waals surface area contributed by atoms with Gasteiger partial charge < -0.3 is 5.11 Å². The van der Waals surface area contributed by atoms with E-state index in [9.17, 15) is 9.90 Å². The van der Waals surface area contributed by atoms with Gasteiger partial charge in [-0.3, -0.25) is 0 Å². The van der Waals surface area contributed by atoms with Crippen molar-refractivity contribution >= 4 is 50.1 Å². The molecule has 3 aromatic carbocycles. The van der Waals surface area contributed by atoms with Gasteiger partial charge in [-0.1, -0.05) is 24.3 Å². The van der Waals surface area contributed by atoms with Crippen LogP contribution >= 0.6 is 22.6 Å². The normalized spacial score (nSPS) is 10.9. The summed E-state index contributed by atoms with van der Waals surface area (Å²) in [7, 11) is 0. The number of rotatable bonds is 1. The van der Waals surface area contributed by atoms with E-state index in [1.54, 1.807) is 12.1 Å². The summed E-state index contributed by atoms with van der Waals surface area (Å²) in [6.45, 7) is 0. The summed E-state index contributed by atoms with van der Waals surface area (Å²) in [5.41, 5.74) is 0.355. The molecule has 2 nitrogen and oxygen atoms in total. The van der Waals surface area contributed by atoms with E-state index in [0.717, 1.165) is 21.5 Å². The van der Waals surface area contributed by atoms with Crippen LogP contribution in [0.15, 0.2) is 48.5 Å². The third kappa shape index (κ3) is 1.75. The first-order valence-corrected chi connectivity index (χ1v) is 6.59. The lowest BCUT2D eigenvalue weighted by Crippen LogP contribution is -1.97. The minimum absolute atomic E-state index is 0.355. The molecule has 0 aliphatic heterocycles. The number of carboxylic acids is 1. The standard InChI is InChI=1S/C15H9IO2/c16-14-6-2-4-10-7-12-9(8-13(10)14)3-1-5-11(12)15(17)18/h1-8H,(H,17,18). The number of aromatic carboxylic acids is 1. The number of carboxylic acid groups (broad SMARTS) is 1. The molecule has 0 bridgehead atoms. The third-order valence-electron chi connectivity index (χ3n) is 3.06. The summed E-state index contributed by atoms with van der Waals surface area (Å²) < 4.78 is 1.17. The van der Waals surface area contributed by atoms with Gasteiger partial charge in [-0.25, -0.2) is 4.79 Å². The number of fused-ring (bicyclic) bond motifs is 2. The van der Waals surface area contributed by atoms with E-state index in [2.05, 4.69) is 34.7 Å². The Hall–Kier alpha value is -1.62. The Balaban J connectivity index is 2.49. The summed E-state index contributed by atoms with van der Waals surface area (Å²) in [6, 6.07) is 15.4. The maximum Gasteiger partial charge on any atom is 0.336 e. The van der Waals surface area contributed by atoms with E-state index in [1.165, 1.54) is 3.57 Å². The molecule has 0 heterocycles. The van der Waals surface area contributed by atoms with Crippen LogP contribution < -0.4 is 0 Å². The van der Waals surface area contributed by atoms with Crippen LogP contribution in [0.2, 0.25) is 0 Å².